The van der Waals surface area contributed by atoms with Crippen LogP contribution in [0.4, 0.5) is 0 Å². The van der Waals surface area contributed by atoms with E-state index in [1.54, 1.807) is 7.11 Å². The minimum atomic E-state index is -3.05. The molecule has 0 radical (unpaired) electrons. The van der Waals surface area contributed by atoms with Crippen molar-refractivity contribution in [2.45, 2.75) is 6.92 Å². The zero-order valence-electron chi connectivity index (χ0n) is 9.04. The minimum absolute atomic E-state index is 0.429. The first-order chi connectivity index (χ1) is 6.45. The Morgan fingerprint density at radius 2 is 2.00 bits per heavy atom. The zero-order valence-corrected chi connectivity index (χ0v) is 9.86. The Hall–Kier alpha value is -0.170. The summed E-state index contributed by atoms with van der Waals surface area (Å²) in [5.41, 5.74) is 0. The molecule has 0 saturated carbocycles. The molecule has 0 aromatic heterocycles. The van der Waals surface area contributed by atoms with E-state index in [2.05, 4.69) is 17.0 Å². The molecule has 1 atom stereocenters. The summed E-state index contributed by atoms with van der Waals surface area (Å²) in [4.78, 5) is 0. The van der Waals surface area contributed by atoms with E-state index in [1.807, 2.05) is 0 Å². The monoisotopic (exact) mass is 224 g/mol. The Balaban J connectivity index is 3.30. The van der Waals surface area contributed by atoms with Crippen LogP contribution in [-0.4, -0.2) is 48.0 Å². The van der Waals surface area contributed by atoms with Crippen LogP contribution in [0.1, 0.15) is 6.92 Å². The largest absolute Gasteiger partial charge is 0.384 e. The van der Waals surface area contributed by atoms with Crippen LogP contribution in [0, 0.1) is 5.92 Å². The van der Waals surface area contributed by atoms with Gasteiger partial charge < -0.3 is 10.1 Å². The molecule has 5 nitrogen and oxygen atoms in total. The molecule has 0 aliphatic heterocycles. The molecule has 0 rings (SSSR count). The van der Waals surface area contributed by atoms with Gasteiger partial charge in [0.1, 0.15) is 0 Å². The van der Waals surface area contributed by atoms with E-state index in [0.29, 0.717) is 25.6 Å². The summed E-state index contributed by atoms with van der Waals surface area (Å²) in [6.45, 7) is 4.69. The summed E-state index contributed by atoms with van der Waals surface area (Å²) in [6.07, 6.45) is 1.15. The lowest BCUT2D eigenvalue weighted by molar-refractivity contribution is 0.159. The van der Waals surface area contributed by atoms with Crippen LogP contribution in [0.25, 0.3) is 0 Å². The van der Waals surface area contributed by atoms with Crippen LogP contribution in [-0.2, 0) is 14.8 Å². The average Bonchev–Trinajstić information content (AvgIpc) is 2.02. The molecule has 0 fully saturated rings. The number of ether oxygens (including phenoxy) is 1. The van der Waals surface area contributed by atoms with Gasteiger partial charge >= 0.3 is 0 Å². The first-order valence-electron chi connectivity index (χ1n) is 4.60. The first kappa shape index (κ1) is 13.8. The third-order valence-electron chi connectivity index (χ3n) is 1.61. The Labute approximate surface area is 86.3 Å². The maximum Gasteiger partial charge on any atom is 0.208 e. The van der Waals surface area contributed by atoms with Crippen molar-refractivity contribution in [1.82, 2.24) is 10.0 Å². The van der Waals surface area contributed by atoms with Gasteiger partial charge in [0, 0.05) is 26.8 Å². The maximum absolute atomic E-state index is 10.7. The normalized spacial score (nSPS) is 14.2. The minimum Gasteiger partial charge on any atom is -0.384 e. The van der Waals surface area contributed by atoms with E-state index in [-0.39, 0.29) is 0 Å². The van der Waals surface area contributed by atoms with E-state index in [1.165, 1.54) is 0 Å². The standard InChI is InChI=1S/C8H20N2O3S/c1-8(7-13-2)6-9-4-5-10-14(3,11)12/h8-10H,4-7H2,1-3H3. The third-order valence-corrected chi connectivity index (χ3v) is 2.34. The molecular weight excluding hydrogens is 204 g/mol. The lowest BCUT2D eigenvalue weighted by Gasteiger charge is -2.11. The number of hydrogen-bond donors (Lipinski definition) is 2. The maximum atomic E-state index is 10.7. The smallest absolute Gasteiger partial charge is 0.208 e. The molecule has 0 aliphatic rings. The molecule has 2 N–H and O–H groups in total. The van der Waals surface area contributed by atoms with Gasteiger partial charge in [-0.15, -0.1) is 0 Å². The fourth-order valence-electron chi connectivity index (χ4n) is 1.02. The summed E-state index contributed by atoms with van der Waals surface area (Å²) >= 11 is 0. The Kier molecular flexibility index (Phi) is 7.08. The van der Waals surface area contributed by atoms with Crippen molar-refractivity contribution in [2.24, 2.45) is 5.92 Å². The van der Waals surface area contributed by atoms with Gasteiger partial charge in [-0.2, -0.15) is 0 Å². The van der Waals surface area contributed by atoms with Gasteiger partial charge in [0.2, 0.25) is 10.0 Å². The highest BCUT2D eigenvalue weighted by Gasteiger charge is 2.01. The van der Waals surface area contributed by atoms with Crippen molar-refractivity contribution in [3.8, 4) is 0 Å². The number of hydrogen-bond acceptors (Lipinski definition) is 4. The van der Waals surface area contributed by atoms with Crippen molar-refractivity contribution in [2.75, 3.05) is 39.6 Å². The number of methoxy groups -OCH3 is 1. The van der Waals surface area contributed by atoms with Crippen LogP contribution >= 0.6 is 0 Å². The molecule has 6 heteroatoms. The summed E-state index contributed by atoms with van der Waals surface area (Å²) in [6, 6.07) is 0. The fraction of sp³-hybridized carbons (Fsp3) is 1.00. The predicted octanol–water partition coefficient (Wildman–Crippen LogP) is -0.592. The van der Waals surface area contributed by atoms with Crippen molar-refractivity contribution >= 4 is 10.0 Å². The van der Waals surface area contributed by atoms with Gasteiger partial charge in [0.15, 0.2) is 0 Å². The van der Waals surface area contributed by atoms with Crippen LogP contribution in [0.15, 0.2) is 0 Å². The van der Waals surface area contributed by atoms with E-state index in [0.717, 1.165) is 12.8 Å². The quantitative estimate of drug-likeness (QED) is 0.541. The van der Waals surface area contributed by atoms with E-state index in [4.69, 9.17) is 4.74 Å². The van der Waals surface area contributed by atoms with Crippen molar-refractivity contribution in [1.29, 1.82) is 0 Å². The topological polar surface area (TPSA) is 67.4 Å². The van der Waals surface area contributed by atoms with Gasteiger partial charge in [-0.1, -0.05) is 6.92 Å². The lowest BCUT2D eigenvalue weighted by Crippen LogP contribution is -2.33. The van der Waals surface area contributed by atoms with Crippen LogP contribution < -0.4 is 10.0 Å². The average molecular weight is 224 g/mol. The molecule has 0 aromatic carbocycles. The van der Waals surface area contributed by atoms with Crippen molar-refractivity contribution in [3.05, 3.63) is 0 Å². The highest BCUT2D eigenvalue weighted by molar-refractivity contribution is 7.88. The number of nitrogens with one attached hydrogen (secondary N) is 2. The van der Waals surface area contributed by atoms with E-state index < -0.39 is 10.0 Å². The van der Waals surface area contributed by atoms with E-state index >= 15 is 0 Å². The Bertz CT molecular complexity index is 229. The highest BCUT2D eigenvalue weighted by atomic mass is 32.2. The Morgan fingerprint density at radius 3 is 2.50 bits per heavy atom. The summed E-state index contributed by atoms with van der Waals surface area (Å²) in [5.74, 6) is 0.443. The second-order valence-electron chi connectivity index (χ2n) is 3.43. The zero-order chi connectivity index (χ0) is 11.0. The molecule has 0 bridgehead atoms. The molecule has 1 unspecified atom stereocenters. The molecule has 86 valence electrons. The number of sulfonamides is 1. The van der Waals surface area contributed by atoms with Crippen LogP contribution in [0.5, 0.6) is 0 Å². The van der Waals surface area contributed by atoms with Gasteiger partial charge in [0.05, 0.1) is 6.26 Å². The molecule has 0 saturated heterocycles. The summed E-state index contributed by atoms with van der Waals surface area (Å²) in [7, 11) is -1.38. The van der Waals surface area contributed by atoms with Gasteiger partial charge in [0.25, 0.3) is 0 Å². The summed E-state index contributed by atoms with van der Waals surface area (Å²) in [5, 5.41) is 3.14. The predicted molar refractivity (Wildman–Crippen MR) is 56.8 cm³/mol. The van der Waals surface area contributed by atoms with E-state index in [9.17, 15) is 8.42 Å². The molecule has 0 amide bonds. The van der Waals surface area contributed by atoms with Gasteiger partial charge in [-0.05, 0) is 12.5 Å². The molecule has 0 aromatic rings. The van der Waals surface area contributed by atoms with Crippen molar-refractivity contribution in [3.63, 3.8) is 0 Å². The van der Waals surface area contributed by atoms with Crippen LogP contribution in [0.2, 0.25) is 0 Å². The van der Waals surface area contributed by atoms with Gasteiger partial charge in [-0.25, -0.2) is 13.1 Å². The number of rotatable bonds is 8. The second-order valence-corrected chi connectivity index (χ2v) is 5.26. The van der Waals surface area contributed by atoms with Gasteiger partial charge in [-0.3, -0.25) is 0 Å². The highest BCUT2D eigenvalue weighted by Crippen LogP contribution is 1.91. The molecular formula is C8H20N2O3S. The Morgan fingerprint density at radius 1 is 1.36 bits per heavy atom. The summed E-state index contributed by atoms with van der Waals surface area (Å²) < 4.78 is 28.7. The van der Waals surface area contributed by atoms with Crippen LogP contribution in [0.3, 0.4) is 0 Å². The second kappa shape index (κ2) is 7.17. The third kappa shape index (κ3) is 9.91. The van der Waals surface area contributed by atoms with Crippen molar-refractivity contribution < 1.29 is 13.2 Å². The first-order valence-corrected chi connectivity index (χ1v) is 6.49. The SMILES string of the molecule is COCC(C)CNCCNS(C)(=O)=O. The molecule has 0 heterocycles. The lowest BCUT2D eigenvalue weighted by atomic mass is 10.2. The fourth-order valence-corrected chi connectivity index (χ4v) is 1.49. The molecule has 14 heavy (non-hydrogen) atoms. The molecule has 0 aliphatic carbocycles. The molecule has 0 spiro atoms.